The van der Waals surface area contributed by atoms with Gasteiger partial charge in [-0.25, -0.2) is 4.79 Å². The van der Waals surface area contributed by atoms with Crippen molar-refractivity contribution in [2.45, 2.75) is 0 Å². The third-order valence-corrected chi connectivity index (χ3v) is 3.75. The van der Waals surface area contributed by atoms with E-state index in [2.05, 4.69) is 20.5 Å². The molecule has 0 saturated carbocycles. The Labute approximate surface area is 129 Å². The number of hydrogen-bond acceptors (Lipinski definition) is 4. The van der Waals surface area contributed by atoms with Crippen LogP contribution in [0.4, 0.5) is 10.5 Å². The fraction of sp³-hybridized carbons (Fsp3) is 0.375. The smallest absolute Gasteiger partial charge is 0.319 e. The van der Waals surface area contributed by atoms with E-state index in [0.29, 0.717) is 6.54 Å². The summed E-state index contributed by atoms with van der Waals surface area (Å²) in [6.07, 6.45) is 3.51. The Kier molecular flexibility index (Phi) is 4.82. The number of carbonyl (C=O) groups excluding carboxylic acids is 1. The lowest BCUT2D eigenvalue weighted by atomic mass is 10.1. The molecular weight excluding hydrogens is 280 g/mol. The maximum atomic E-state index is 12.0. The summed E-state index contributed by atoms with van der Waals surface area (Å²) in [6, 6.07) is 7.50. The third kappa shape index (κ3) is 3.72. The predicted molar refractivity (Wildman–Crippen MR) is 86.0 cm³/mol. The number of amides is 2. The number of hydrogen-bond donors (Lipinski definition) is 2. The van der Waals surface area contributed by atoms with Crippen LogP contribution < -0.4 is 10.6 Å². The Morgan fingerprint density at radius 2 is 2.14 bits per heavy atom. The zero-order valence-electron chi connectivity index (χ0n) is 12.4. The van der Waals surface area contributed by atoms with Crippen molar-refractivity contribution in [3.05, 3.63) is 36.7 Å². The molecule has 1 aromatic heterocycles. The van der Waals surface area contributed by atoms with E-state index < -0.39 is 0 Å². The van der Waals surface area contributed by atoms with E-state index in [1.807, 2.05) is 24.3 Å². The van der Waals surface area contributed by atoms with Gasteiger partial charge in [-0.05, 0) is 12.1 Å². The quantitative estimate of drug-likeness (QED) is 0.902. The molecule has 22 heavy (non-hydrogen) atoms. The molecule has 2 aromatic rings. The molecule has 1 fully saturated rings. The summed E-state index contributed by atoms with van der Waals surface area (Å²) < 4.78 is 5.30. The molecule has 1 saturated heterocycles. The highest BCUT2D eigenvalue weighted by Gasteiger charge is 2.10. The van der Waals surface area contributed by atoms with E-state index in [0.717, 1.165) is 49.3 Å². The summed E-state index contributed by atoms with van der Waals surface area (Å²) in [5.41, 5.74) is 0.795. The molecule has 0 unspecified atom stereocenters. The van der Waals surface area contributed by atoms with Crippen LogP contribution in [-0.4, -0.2) is 55.3 Å². The van der Waals surface area contributed by atoms with Crippen molar-refractivity contribution in [3.63, 3.8) is 0 Å². The number of rotatable bonds is 4. The molecule has 2 amide bonds. The summed E-state index contributed by atoms with van der Waals surface area (Å²) in [4.78, 5) is 18.4. The molecule has 0 aliphatic carbocycles. The van der Waals surface area contributed by atoms with Gasteiger partial charge in [0.2, 0.25) is 0 Å². The third-order valence-electron chi connectivity index (χ3n) is 3.75. The Morgan fingerprint density at radius 1 is 1.27 bits per heavy atom. The number of ether oxygens (including phenoxy) is 1. The lowest BCUT2D eigenvalue weighted by molar-refractivity contribution is 0.0388. The fourth-order valence-electron chi connectivity index (χ4n) is 2.55. The molecule has 0 spiro atoms. The van der Waals surface area contributed by atoms with E-state index in [1.165, 1.54) is 0 Å². The molecule has 1 aliphatic rings. The normalized spacial score (nSPS) is 15.6. The van der Waals surface area contributed by atoms with Gasteiger partial charge in [-0.3, -0.25) is 9.88 Å². The Morgan fingerprint density at radius 3 is 3.00 bits per heavy atom. The van der Waals surface area contributed by atoms with Crippen LogP contribution in [0.2, 0.25) is 0 Å². The topological polar surface area (TPSA) is 66.5 Å². The van der Waals surface area contributed by atoms with Crippen molar-refractivity contribution < 1.29 is 9.53 Å². The number of benzene rings is 1. The molecule has 3 rings (SSSR count). The Balaban J connectivity index is 1.52. The number of carbonyl (C=O) groups is 1. The molecule has 116 valence electrons. The first-order valence-corrected chi connectivity index (χ1v) is 7.50. The summed E-state index contributed by atoms with van der Waals surface area (Å²) >= 11 is 0. The number of urea groups is 1. The molecule has 1 aromatic carbocycles. The molecule has 0 atom stereocenters. The van der Waals surface area contributed by atoms with Crippen molar-refractivity contribution >= 4 is 22.5 Å². The molecule has 2 N–H and O–H groups in total. The van der Waals surface area contributed by atoms with Gasteiger partial charge in [-0.15, -0.1) is 0 Å². The molecule has 0 radical (unpaired) electrons. The number of morpholine rings is 1. The van der Waals surface area contributed by atoms with Gasteiger partial charge >= 0.3 is 6.03 Å². The van der Waals surface area contributed by atoms with Gasteiger partial charge in [0.25, 0.3) is 0 Å². The highest BCUT2D eigenvalue weighted by molar-refractivity contribution is 6.01. The molecular formula is C16H20N4O2. The minimum absolute atomic E-state index is 0.183. The molecule has 1 aliphatic heterocycles. The van der Waals surface area contributed by atoms with Crippen molar-refractivity contribution in [1.82, 2.24) is 15.2 Å². The van der Waals surface area contributed by atoms with E-state index in [1.54, 1.807) is 12.4 Å². The summed E-state index contributed by atoms with van der Waals surface area (Å²) in [5, 5.41) is 7.79. The van der Waals surface area contributed by atoms with Crippen LogP contribution in [0.5, 0.6) is 0 Å². The van der Waals surface area contributed by atoms with Gasteiger partial charge in [0.05, 0.1) is 18.9 Å². The molecule has 2 heterocycles. The van der Waals surface area contributed by atoms with Crippen LogP contribution in [0.1, 0.15) is 0 Å². The van der Waals surface area contributed by atoms with Gasteiger partial charge in [0.1, 0.15) is 0 Å². The maximum Gasteiger partial charge on any atom is 0.319 e. The fourth-order valence-corrected chi connectivity index (χ4v) is 2.55. The van der Waals surface area contributed by atoms with E-state index >= 15 is 0 Å². The lowest BCUT2D eigenvalue weighted by Gasteiger charge is -2.26. The zero-order valence-corrected chi connectivity index (χ0v) is 12.4. The predicted octanol–water partition coefficient (Wildman–Crippen LogP) is 1.69. The first-order valence-electron chi connectivity index (χ1n) is 7.50. The van der Waals surface area contributed by atoms with Crippen molar-refractivity contribution in [2.24, 2.45) is 0 Å². The van der Waals surface area contributed by atoms with Crippen LogP contribution in [0.15, 0.2) is 36.7 Å². The minimum Gasteiger partial charge on any atom is -0.379 e. The van der Waals surface area contributed by atoms with Crippen LogP contribution in [0, 0.1) is 0 Å². The van der Waals surface area contributed by atoms with Gasteiger partial charge in [0.15, 0.2) is 0 Å². The number of pyridine rings is 1. The minimum atomic E-state index is -0.183. The second-order valence-corrected chi connectivity index (χ2v) is 5.24. The monoisotopic (exact) mass is 300 g/mol. The van der Waals surface area contributed by atoms with Gasteiger partial charge < -0.3 is 15.4 Å². The largest absolute Gasteiger partial charge is 0.379 e. The molecule has 6 heteroatoms. The molecule has 6 nitrogen and oxygen atoms in total. The Hall–Kier alpha value is -2.18. The summed E-state index contributed by atoms with van der Waals surface area (Å²) in [6.45, 7) is 4.88. The van der Waals surface area contributed by atoms with Crippen molar-refractivity contribution in [2.75, 3.05) is 44.7 Å². The highest BCUT2D eigenvalue weighted by Crippen LogP contribution is 2.21. The first-order chi connectivity index (χ1) is 10.8. The number of fused-ring (bicyclic) bond motifs is 1. The highest BCUT2D eigenvalue weighted by atomic mass is 16.5. The second-order valence-electron chi connectivity index (χ2n) is 5.24. The average molecular weight is 300 g/mol. The standard InChI is InChI=1S/C16H20N4O2/c21-16(18-6-7-20-8-10-22-11-9-20)19-15-3-1-2-13-12-17-5-4-14(13)15/h1-5,12H,6-11H2,(H2,18,19,21). The van der Waals surface area contributed by atoms with Crippen LogP contribution in [0.3, 0.4) is 0 Å². The summed E-state index contributed by atoms with van der Waals surface area (Å²) in [7, 11) is 0. The number of nitrogens with zero attached hydrogens (tertiary/aromatic N) is 2. The van der Waals surface area contributed by atoms with Crippen molar-refractivity contribution in [1.29, 1.82) is 0 Å². The van der Waals surface area contributed by atoms with Gasteiger partial charge in [-0.2, -0.15) is 0 Å². The van der Waals surface area contributed by atoms with Crippen LogP contribution in [-0.2, 0) is 4.74 Å². The van der Waals surface area contributed by atoms with E-state index in [9.17, 15) is 4.79 Å². The lowest BCUT2D eigenvalue weighted by Crippen LogP contribution is -2.42. The Bertz CT molecular complexity index is 636. The van der Waals surface area contributed by atoms with Crippen LogP contribution >= 0.6 is 0 Å². The van der Waals surface area contributed by atoms with Gasteiger partial charge in [-0.1, -0.05) is 12.1 Å². The zero-order chi connectivity index (χ0) is 15.2. The van der Waals surface area contributed by atoms with Crippen LogP contribution in [0.25, 0.3) is 10.8 Å². The second kappa shape index (κ2) is 7.20. The maximum absolute atomic E-state index is 12.0. The number of aromatic nitrogens is 1. The van der Waals surface area contributed by atoms with Gasteiger partial charge in [0, 0.05) is 49.3 Å². The molecule has 0 bridgehead atoms. The van der Waals surface area contributed by atoms with Crippen molar-refractivity contribution in [3.8, 4) is 0 Å². The first kappa shape index (κ1) is 14.7. The summed E-state index contributed by atoms with van der Waals surface area (Å²) in [5.74, 6) is 0. The van der Waals surface area contributed by atoms with E-state index in [-0.39, 0.29) is 6.03 Å². The SMILES string of the molecule is O=C(NCCN1CCOCC1)Nc1cccc2cnccc12. The number of nitrogens with one attached hydrogen (secondary N) is 2. The number of anilines is 1. The van der Waals surface area contributed by atoms with E-state index in [4.69, 9.17) is 4.74 Å². The average Bonchev–Trinajstić information content (AvgIpc) is 2.56.